The molecule has 0 spiro atoms. The van der Waals surface area contributed by atoms with Gasteiger partial charge in [-0.2, -0.15) is 0 Å². The quantitative estimate of drug-likeness (QED) is 0.828. The van der Waals surface area contributed by atoms with Gasteiger partial charge in [-0.1, -0.05) is 36.4 Å². The Hall–Kier alpha value is -1.91. The Morgan fingerprint density at radius 2 is 1.79 bits per heavy atom. The van der Waals surface area contributed by atoms with Crippen LogP contribution in [0, 0.1) is 6.92 Å². The number of hydrogen-bond acceptors (Lipinski definition) is 3. The van der Waals surface area contributed by atoms with Gasteiger partial charge in [-0.3, -0.25) is 4.79 Å². The van der Waals surface area contributed by atoms with E-state index in [0.717, 1.165) is 18.4 Å². The van der Waals surface area contributed by atoms with E-state index in [1.54, 1.807) is 14.2 Å². The lowest BCUT2D eigenvalue weighted by Crippen LogP contribution is -2.47. The second-order valence-corrected chi connectivity index (χ2v) is 6.66. The summed E-state index contributed by atoms with van der Waals surface area (Å²) >= 11 is 0. The summed E-state index contributed by atoms with van der Waals surface area (Å²) in [5.41, 5.74) is 1.91. The van der Waals surface area contributed by atoms with Gasteiger partial charge in [-0.25, -0.2) is 0 Å². The van der Waals surface area contributed by atoms with Crippen molar-refractivity contribution in [3.63, 3.8) is 0 Å². The minimum Gasteiger partial charge on any atom is -0.354 e. The van der Waals surface area contributed by atoms with Crippen molar-refractivity contribution in [2.75, 3.05) is 14.2 Å². The number of methoxy groups -OCH3 is 2. The average molecular weight is 327 g/mol. The number of carbonyl (C=O) groups is 1. The molecule has 0 aliphatic heterocycles. The van der Waals surface area contributed by atoms with Crippen LogP contribution in [0.4, 0.5) is 0 Å². The first kappa shape index (κ1) is 16.9. The van der Waals surface area contributed by atoms with Crippen LogP contribution in [0.15, 0.2) is 36.4 Å². The molecule has 1 aliphatic rings. The highest BCUT2D eigenvalue weighted by Crippen LogP contribution is 2.51. The highest BCUT2D eigenvalue weighted by molar-refractivity contribution is 5.99. The number of aryl methyl sites for hydroxylation is 1. The van der Waals surface area contributed by atoms with Gasteiger partial charge in [0.2, 0.25) is 5.91 Å². The zero-order valence-corrected chi connectivity index (χ0v) is 14.8. The number of rotatable bonds is 6. The molecule has 0 heterocycles. The molecule has 0 radical (unpaired) electrons. The zero-order valence-electron chi connectivity index (χ0n) is 14.8. The van der Waals surface area contributed by atoms with E-state index < -0.39 is 11.7 Å². The Morgan fingerprint density at radius 1 is 1.12 bits per heavy atom. The Bertz CT molecular complexity index is 748. The third-order valence-corrected chi connectivity index (χ3v) is 5.03. The van der Waals surface area contributed by atoms with E-state index in [2.05, 4.69) is 36.5 Å². The lowest BCUT2D eigenvalue weighted by molar-refractivity contribution is -0.137. The van der Waals surface area contributed by atoms with Gasteiger partial charge in [-0.05, 0) is 48.6 Å². The number of fused-ring (bicyclic) bond motifs is 1. The topological polar surface area (TPSA) is 47.6 Å². The van der Waals surface area contributed by atoms with Gasteiger partial charge in [-0.15, -0.1) is 0 Å². The molecule has 2 aromatic carbocycles. The lowest BCUT2D eigenvalue weighted by Gasteiger charge is -2.26. The smallest absolute Gasteiger partial charge is 0.231 e. The number of hydrogen-bond donors (Lipinski definition) is 1. The zero-order chi connectivity index (χ0) is 17.3. The summed E-state index contributed by atoms with van der Waals surface area (Å²) in [4.78, 5) is 13.0. The molecule has 2 aromatic rings. The second kappa shape index (κ2) is 6.54. The van der Waals surface area contributed by atoms with Crippen LogP contribution < -0.4 is 5.32 Å². The van der Waals surface area contributed by atoms with Crippen LogP contribution in [0.1, 0.15) is 30.9 Å². The van der Waals surface area contributed by atoms with Gasteiger partial charge in [0.15, 0.2) is 6.29 Å². The lowest BCUT2D eigenvalue weighted by atomic mass is 9.86. The minimum absolute atomic E-state index is 0.0635. The van der Waals surface area contributed by atoms with Gasteiger partial charge in [0.25, 0.3) is 0 Å². The Morgan fingerprint density at radius 3 is 2.42 bits per heavy atom. The molecule has 1 atom stereocenters. The van der Waals surface area contributed by atoms with Gasteiger partial charge in [0, 0.05) is 14.2 Å². The van der Waals surface area contributed by atoms with Crippen LogP contribution in [0.5, 0.6) is 0 Å². The molecule has 0 bridgehead atoms. The van der Waals surface area contributed by atoms with E-state index in [1.807, 2.05) is 19.1 Å². The number of carbonyl (C=O) groups excluding carboxylic acids is 1. The number of nitrogens with one attached hydrogen (secondary N) is 1. The molecular weight excluding hydrogens is 302 g/mol. The van der Waals surface area contributed by atoms with Crippen molar-refractivity contribution in [1.29, 1.82) is 0 Å². The standard InChI is InChI=1S/C20H25NO3/c1-13-9-10-15-7-5-6-8-16(15)17(13)20(11-12-20)19(22)21-14(2)18(23-3)24-4/h5-10,14,18H,11-12H2,1-4H3,(H,21,22). The SMILES string of the molecule is COC(OC)C(C)NC(=O)C1(c2c(C)ccc3ccccc23)CC1. The minimum atomic E-state index is -0.446. The molecule has 128 valence electrons. The molecule has 1 saturated carbocycles. The third-order valence-electron chi connectivity index (χ3n) is 5.03. The van der Waals surface area contributed by atoms with Crippen LogP contribution >= 0.6 is 0 Å². The van der Waals surface area contributed by atoms with Gasteiger partial charge < -0.3 is 14.8 Å². The van der Waals surface area contributed by atoms with Gasteiger partial charge >= 0.3 is 0 Å². The van der Waals surface area contributed by atoms with Crippen molar-refractivity contribution >= 4 is 16.7 Å². The van der Waals surface area contributed by atoms with Crippen molar-refractivity contribution in [3.05, 3.63) is 47.5 Å². The fraction of sp³-hybridized carbons (Fsp3) is 0.450. The predicted molar refractivity (Wildman–Crippen MR) is 95.0 cm³/mol. The molecule has 1 N–H and O–H groups in total. The van der Waals surface area contributed by atoms with E-state index in [9.17, 15) is 4.79 Å². The predicted octanol–water partition coefficient (Wildman–Crippen LogP) is 3.30. The summed E-state index contributed by atoms with van der Waals surface area (Å²) in [7, 11) is 3.16. The maximum atomic E-state index is 13.0. The van der Waals surface area contributed by atoms with Gasteiger partial charge in [0.05, 0.1) is 11.5 Å². The van der Waals surface area contributed by atoms with E-state index in [4.69, 9.17) is 9.47 Å². The maximum absolute atomic E-state index is 13.0. The van der Waals surface area contributed by atoms with Crippen molar-refractivity contribution in [1.82, 2.24) is 5.32 Å². The van der Waals surface area contributed by atoms with E-state index in [0.29, 0.717) is 0 Å². The first-order valence-electron chi connectivity index (χ1n) is 8.39. The summed E-state index contributed by atoms with van der Waals surface area (Å²) in [6, 6.07) is 12.3. The van der Waals surface area contributed by atoms with Crippen molar-refractivity contribution in [3.8, 4) is 0 Å². The first-order valence-corrected chi connectivity index (χ1v) is 8.39. The fourth-order valence-electron chi connectivity index (χ4n) is 3.65. The molecule has 4 nitrogen and oxygen atoms in total. The Kier molecular flexibility index (Phi) is 4.61. The molecule has 1 aliphatic carbocycles. The van der Waals surface area contributed by atoms with Crippen LogP contribution in [0.2, 0.25) is 0 Å². The first-order chi connectivity index (χ1) is 11.5. The number of amides is 1. The molecule has 4 heteroatoms. The molecule has 3 rings (SSSR count). The molecule has 1 amide bonds. The van der Waals surface area contributed by atoms with Crippen LogP contribution in [0.3, 0.4) is 0 Å². The molecule has 0 saturated heterocycles. The fourth-order valence-corrected chi connectivity index (χ4v) is 3.65. The molecule has 24 heavy (non-hydrogen) atoms. The van der Waals surface area contributed by atoms with Gasteiger partial charge in [0.1, 0.15) is 0 Å². The third kappa shape index (κ3) is 2.80. The van der Waals surface area contributed by atoms with Crippen LogP contribution in [0.25, 0.3) is 10.8 Å². The van der Waals surface area contributed by atoms with E-state index in [1.165, 1.54) is 16.3 Å². The molecule has 1 unspecified atom stereocenters. The maximum Gasteiger partial charge on any atom is 0.231 e. The Balaban J connectivity index is 1.94. The average Bonchev–Trinajstić information content (AvgIpc) is 3.37. The highest BCUT2D eigenvalue weighted by atomic mass is 16.7. The highest BCUT2D eigenvalue weighted by Gasteiger charge is 2.53. The Labute approximate surface area is 143 Å². The number of ether oxygens (including phenoxy) is 2. The van der Waals surface area contributed by atoms with E-state index >= 15 is 0 Å². The molecule has 0 aromatic heterocycles. The van der Waals surface area contributed by atoms with E-state index in [-0.39, 0.29) is 11.9 Å². The van der Waals surface area contributed by atoms with Crippen molar-refractivity contribution < 1.29 is 14.3 Å². The monoisotopic (exact) mass is 327 g/mol. The van der Waals surface area contributed by atoms with Crippen molar-refractivity contribution in [2.24, 2.45) is 0 Å². The van der Waals surface area contributed by atoms with Crippen molar-refractivity contribution in [2.45, 2.75) is 44.4 Å². The summed E-state index contributed by atoms with van der Waals surface area (Å²) in [6.07, 6.45) is 1.31. The normalized spacial score (nSPS) is 17.0. The largest absolute Gasteiger partial charge is 0.354 e. The molecule has 1 fully saturated rings. The van der Waals surface area contributed by atoms with Crippen LogP contribution in [-0.4, -0.2) is 32.5 Å². The summed E-state index contributed by atoms with van der Waals surface area (Å²) in [5.74, 6) is 0.0635. The summed E-state index contributed by atoms with van der Waals surface area (Å²) in [6.45, 7) is 3.99. The molecular formula is C20H25NO3. The summed E-state index contributed by atoms with van der Waals surface area (Å²) in [5, 5.41) is 5.44. The van der Waals surface area contributed by atoms with Crippen LogP contribution in [-0.2, 0) is 19.7 Å². The second-order valence-electron chi connectivity index (χ2n) is 6.66. The summed E-state index contributed by atoms with van der Waals surface area (Å²) < 4.78 is 10.5. The number of benzene rings is 2.